The van der Waals surface area contributed by atoms with Crippen molar-refractivity contribution in [3.8, 4) is 0 Å². The molecule has 1 aromatic rings. The molecular formula is C14H21N3O. The summed E-state index contributed by atoms with van der Waals surface area (Å²) < 4.78 is 0. The fourth-order valence-electron chi connectivity index (χ4n) is 2.39. The van der Waals surface area contributed by atoms with Gasteiger partial charge >= 0.3 is 6.03 Å². The zero-order chi connectivity index (χ0) is 13.1. The summed E-state index contributed by atoms with van der Waals surface area (Å²) in [7, 11) is 1.94. The third-order valence-corrected chi connectivity index (χ3v) is 3.59. The summed E-state index contributed by atoms with van der Waals surface area (Å²) in [4.78, 5) is 13.9. The quantitative estimate of drug-likeness (QED) is 0.853. The number of hydrogen-bond donors (Lipinski definition) is 2. The Hall–Kier alpha value is -1.55. The van der Waals surface area contributed by atoms with E-state index < -0.39 is 0 Å². The van der Waals surface area contributed by atoms with Crippen molar-refractivity contribution >= 4 is 11.7 Å². The van der Waals surface area contributed by atoms with Gasteiger partial charge in [-0.2, -0.15) is 0 Å². The number of nitrogens with one attached hydrogen (secondary N) is 2. The lowest BCUT2D eigenvalue weighted by Gasteiger charge is -2.34. The number of amides is 2. The summed E-state index contributed by atoms with van der Waals surface area (Å²) in [6.45, 7) is 6.59. The van der Waals surface area contributed by atoms with Crippen LogP contribution in [0.25, 0.3) is 0 Å². The van der Waals surface area contributed by atoms with Crippen LogP contribution in [0.3, 0.4) is 0 Å². The highest BCUT2D eigenvalue weighted by Crippen LogP contribution is 2.25. The fourth-order valence-corrected chi connectivity index (χ4v) is 2.39. The Morgan fingerprint density at radius 2 is 2.22 bits per heavy atom. The van der Waals surface area contributed by atoms with E-state index in [1.807, 2.05) is 24.1 Å². The molecule has 1 aromatic carbocycles. The summed E-state index contributed by atoms with van der Waals surface area (Å²) in [6.07, 6.45) is 0. The van der Waals surface area contributed by atoms with Crippen LogP contribution in [-0.2, 0) is 0 Å². The van der Waals surface area contributed by atoms with E-state index in [0.717, 1.165) is 25.3 Å². The van der Waals surface area contributed by atoms with E-state index in [1.165, 1.54) is 11.1 Å². The highest BCUT2D eigenvalue weighted by molar-refractivity contribution is 5.93. The van der Waals surface area contributed by atoms with Crippen LogP contribution >= 0.6 is 0 Å². The van der Waals surface area contributed by atoms with Gasteiger partial charge in [-0.3, -0.25) is 4.90 Å². The first-order valence-electron chi connectivity index (χ1n) is 6.39. The van der Waals surface area contributed by atoms with Gasteiger partial charge in [-0.25, -0.2) is 4.79 Å². The molecule has 2 N–H and O–H groups in total. The van der Waals surface area contributed by atoms with E-state index >= 15 is 0 Å². The molecule has 1 unspecified atom stereocenters. The van der Waals surface area contributed by atoms with Crippen molar-refractivity contribution in [2.24, 2.45) is 5.92 Å². The van der Waals surface area contributed by atoms with Crippen LogP contribution in [0.2, 0.25) is 0 Å². The standard InChI is InChI=1S/C14H21N3O/c1-10-5-4-6-13(11(10)2)17-9-12(7-15-3)8-16-14(17)18/h4-6,12,15H,7-9H2,1-3H3,(H,16,18). The van der Waals surface area contributed by atoms with Crippen molar-refractivity contribution in [1.29, 1.82) is 0 Å². The maximum atomic E-state index is 12.0. The van der Waals surface area contributed by atoms with E-state index in [9.17, 15) is 4.79 Å². The molecule has 98 valence electrons. The molecule has 1 saturated heterocycles. The summed E-state index contributed by atoms with van der Waals surface area (Å²) in [5.41, 5.74) is 3.42. The molecule has 1 fully saturated rings. The Balaban J connectivity index is 2.24. The molecule has 0 saturated carbocycles. The Kier molecular flexibility index (Phi) is 3.87. The number of carbonyl (C=O) groups is 1. The van der Waals surface area contributed by atoms with Gasteiger partial charge in [0.1, 0.15) is 0 Å². The SMILES string of the molecule is CNCC1CNC(=O)N(c2cccc(C)c2C)C1. The summed E-state index contributed by atoms with van der Waals surface area (Å²) in [6, 6.07) is 6.11. The second-order valence-electron chi connectivity index (χ2n) is 4.94. The lowest BCUT2D eigenvalue weighted by molar-refractivity contribution is 0.236. The molecule has 1 aliphatic heterocycles. The Morgan fingerprint density at radius 1 is 1.44 bits per heavy atom. The van der Waals surface area contributed by atoms with Crippen molar-refractivity contribution in [3.05, 3.63) is 29.3 Å². The maximum Gasteiger partial charge on any atom is 0.321 e. The Morgan fingerprint density at radius 3 is 2.94 bits per heavy atom. The fraction of sp³-hybridized carbons (Fsp3) is 0.500. The molecule has 1 atom stereocenters. The lowest BCUT2D eigenvalue weighted by atomic mass is 10.0. The molecule has 0 aromatic heterocycles. The monoisotopic (exact) mass is 247 g/mol. The van der Waals surface area contributed by atoms with Gasteiger partial charge in [-0.1, -0.05) is 12.1 Å². The van der Waals surface area contributed by atoms with Crippen molar-refractivity contribution in [3.63, 3.8) is 0 Å². The topological polar surface area (TPSA) is 44.4 Å². The minimum absolute atomic E-state index is 0.0102. The average molecular weight is 247 g/mol. The zero-order valence-electron chi connectivity index (χ0n) is 11.3. The van der Waals surface area contributed by atoms with Gasteiger partial charge in [-0.15, -0.1) is 0 Å². The van der Waals surface area contributed by atoms with Gasteiger partial charge in [0.15, 0.2) is 0 Å². The van der Waals surface area contributed by atoms with Crippen LogP contribution in [0.4, 0.5) is 10.5 Å². The van der Waals surface area contributed by atoms with E-state index in [-0.39, 0.29) is 6.03 Å². The molecule has 0 bridgehead atoms. The van der Waals surface area contributed by atoms with Gasteiger partial charge in [0.25, 0.3) is 0 Å². The molecule has 18 heavy (non-hydrogen) atoms. The second kappa shape index (κ2) is 5.40. The number of carbonyl (C=O) groups excluding carboxylic acids is 1. The van der Waals surface area contributed by atoms with Crippen molar-refractivity contribution in [2.75, 3.05) is 31.6 Å². The summed E-state index contributed by atoms with van der Waals surface area (Å²) >= 11 is 0. The number of anilines is 1. The van der Waals surface area contributed by atoms with Gasteiger partial charge in [0.2, 0.25) is 0 Å². The lowest BCUT2D eigenvalue weighted by Crippen LogP contribution is -2.53. The van der Waals surface area contributed by atoms with Crippen molar-refractivity contribution < 1.29 is 4.79 Å². The van der Waals surface area contributed by atoms with Gasteiger partial charge in [0.05, 0.1) is 0 Å². The number of urea groups is 1. The molecule has 0 radical (unpaired) electrons. The molecule has 4 nitrogen and oxygen atoms in total. The van der Waals surface area contributed by atoms with Gasteiger partial charge < -0.3 is 10.6 Å². The molecule has 1 heterocycles. The van der Waals surface area contributed by atoms with Crippen LogP contribution in [-0.4, -0.2) is 32.7 Å². The number of benzene rings is 1. The van der Waals surface area contributed by atoms with E-state index in [1.54, 1.807) is 0 Å². The maximum absolute atomic E-state index is 12.0. The predicted molar refractivity (Wildman–Crippen MR) is 74.1 cm³/mol. The minimum atomic E-state index is 0.0102. The van der Waals surface area contributed by atoms with Crippen LogP contribution < -0.4 is 15.5 Å². The second-order valence-corrected chi connectivity index (χ2v) is 4.94. The molecular weight excluding hydrogens is 226 g/mol. The molecule has 2 rings (SSSR count). The smallest absolute Gasteiger partial charge is 0.321 e. The normalized spacial score (nSPS) is 19.8. The van der Waals surface area contributed by atoms with Crippen LogP contribution in [0, 0.1) is 19.8 Å². The van der Waals surface area contributed by atoms with Crippen LogP contribution in [0.5, 0.6) is 0 Å². The van der Waals surface area contributed by atoms with Crippen molar-refractivity contribution in [2.45, 2.75) is 13.8 Å². The highest BCUT2D eigenvalue weighted by atomic mass is 16.2. The molecule has 2 amide bonds. The summed E-state index contributed by atoms with van der Waals surface area (Å²) in [5, 5.41) is 6.13. The Bertz CT molecular complexity index is 445. The number of aryl methyl sites for hydroxylation is 1. The molecule has 4 heteroatoms. The van der Waals surface area contributed by atoms with E-state index in [2.05, 4.69) is 30.5 Å². The van der Waals surface area contributed by atoms with Gasteiger partial charge in [-0.05, 0) is 38.1 Å². The molecule has 1 aliphatic rings. The number of rotatable bonds is 3. The molecule has 0 aliphatic carbocycles. The van der Waals surface area contributed by atoms with E-state index in [0.29, 0.717) is 5.92 Å². The minimum Gasteiger partial charge on any atom is -0.337 e. The average Bonchev–Trinajstić information content (AvgIpc) is 2.36. The number of nitrogens with zero attached hydrogens (tertiary/aromatic N) is 1. The highest BCUT2D eigenvalue weighted by Gasteiger charge is 2.26. The third-order valence-electron chi connectivity index (χ3n) is 3.59. The third kappa shape index (κ3) is 2.48. The Labute approximate surface area is 108 Å². The first kappa shape index (κ1) is 12.9. The zero-order valence-corrected chi connectivity index (χ0v) is 11.3. The first-order valence-corrected chi connectivity index (χ1v) is 6.39. The van der Waals surface area contributed by atoms with Crippen molar-refractivity contribution in [1.82, 2.24) is 10.6 Å². The van der Waals surface area contributed by atoms with Crippen LogP contribution in [0.15, 0.2) is 18.2 Å². The predicted octanol–water partition coefficient (Wildman–Crippen LogP) is 1.67. The largest absolute Gasteiger partial charge is 0.337 e. The first-order chi connectivity index (χ1) is 8.63. The molecule has 0 spiro atoms. The number of hydrogen-bond acceptors (Lipinski definition) is 2. The summed E-state index contributed by atoms with van der Waals surface area (Å²) in [5.74, 6) is 0.451. The van der Waals surface area contributed by atoms with E-state index in [4.69, 9.17) is 0 Å². The van der Waals surface area contributed by atoms with Gasteiger partial charge in [0, 0.05) is 31.2 Å². The van der Waals surface area contributed by atoms with Crippen LogP contribution in [0.1, 0.15) is 11.1 Å².